The number of halogens is 3. The molecule has 1 N–H and O–H groups in total. The number of amides is 2. The first kappa shape index (κ1) is 14.3. The van der Waals surface area contributed by atoms with Crippen molar-refractivity contribution < 1.29 is 22.8 Å². The summed E-state index contributed by atoms with van der Waals surface area (Å²) in [6, 6.07) is 3.69. The van der Waals surface area contributed by atoms with E-state index in [1.54, 1.807) is 12.1 Å². The Balaban J connectivity index is 2.07. The summed E-state index contributed by atoms with van der Waals surface area (Å²) in [5.41, 5.74) is 0. The average molecular weight is 287 g/mol. The fourth-order valence-corrected chi connectivity index (χ4v) is 2.09. The number of nitrogens with one attached hydrogen (secondary N) is 1. The van der Waals surface area contributed by atoms with E-state index in [4.69, 9.17) is 0 Å². The maximum absolute atomic E-state index is 12.4. The highest BCUT2D eigenvalue weighted by Crippen LogP contribution is 2.26. The third-order valence-corrected chi connectivity index (χ3v) is 2.97. The van der Waals surface area contributed by atoms with Crippen LogP contribution in [0.1, 0.15) is 12.8 Å². The van der Waals surface area contributed by atoms with Gasteiger partial charge in [-0.25, -0.2) is 4.98 Å². The molecule has 0 saturated carbocycles. The number of rotatable bonds is 2. The molecule has 0 bridgehead atoms. The Morgan fingerprint density at radius 1 is 1.35 bits per heavy atom. The molecule has 1 aromatic rings. The van der Waals surface area contributed by atoms with Gasteiger partial charge in [0.1, 0.15) is 11.9 Å². The first-order valence-corrected chi connectivity index (χ1v) is 5.99. The molecule has 8 heteroatoms. The zero-order valence-corrected chi connectivity index (χ0v) is 10.4. The monoisotopic (exact) mass is 287 g/mol. The smallest absolute Gasteiger partial charge is 0.323 e. The molecule has 0 aromatic carbocycles. The second-order valence-electron chi connectivity index (χ2n) is 4.36. The highest BCUT2D eigenvalue weighted by molar-refractivity contribution is 5.97. The standard InChI is InChI=1S/C12H12F3N3O2/c13-12(14,15)11(20)18-7-3-4-8(18)10(19)17-9-5-1-2-6-16-9/h1-2,5-6,8H,3-4,7H2,(H,16,17,19). The van der Waals surface area contributed by atoms with Crippen molar-refractivity contribution in [2.75, 3.05) is 11.9 Å². The van der Waals surface area contributed by atoms with Gasteiger partial charge in [0, 0.05) is 12.7 Å². The number of carbonyl (C=O) groups excluding carboxylic acids is 2. The third-order valence-electron chi connectivity index (χ3n) is 2.97. The Kier molecular flexibility index (Phi) is 3.91. The number of hydrogen-bond donors (Lipinski definition) is 1. The average Bonchev–Trinajstić information content (AvgIpc) is 2.87. The van der Waals surface area contributed by atoms with Crippen molar-refractivity contribution in [2.45, 2.75) is 25.1 Å². The molecule has 2 rings (SSSR count). The van der Waals surface area contributed by atoms with Gasteiger partial charge in [-0.1, -0.05) is 6.07 Å². The van der Waals surface area contributed by atoms with Crippen molar-refractivity contribution >= 4 is 17.6 Å². The lowest BCUT2D eigenvalue weighted by atomic mass is 10.2. The fraction of sp³-hybridized carbons (Fsp3) is 0.417. The van der Waals surface area contributed by atoms with Crippen LogP contribution in [0.25, 0.3) is 0 Å². The van der Waals surface area contributed by atoms with Crippen molar-refractivity contribution in [1.82, 2.24) is 9.88 Å². The molecule has 1 atom stereocenters. The van der Waals surface area contributed by atoms with Crippen molar-refractivity contribution in [2.24, 2.45) is 0 Å². The van der Waals surface area contributed by atoms with Gasteiger partial charge in [0.2, 0.25) is 5.91 Å². The normalized spacial score (nSPS) is 18.9. The van der Waals surface area contributed by atoms with Gasteiger partial charge in [-0.05, 0) is 25.0 Å². The van der Waals surface area contributed by atoms with Crippen LogP contribution in [0, 0.1) is 0 Å². The summed E-state index contributed by atoms with van der Waals surface area (Å²) in [5.74, 6) is -2.39. The number of aromatic nitrogens is 1. The zero-order valence-electron chi connectivity index (χ0n) is 10.4. The summed E-state index contributed by atoms with van der Waals surface area (Å²) < 4.78 is 37.3. The number of carbonyl (C=O) groups is 2. The number of pyridine rings is 1. The van der Waals surface area contributed by atoms with E-state index in [0.29, 0.717) is 11.3 Å². The van der Waals surface area contributed by atoms with E-state index in [-0.39, 0.29) is 18.8 Å². The van der Waals surface area contributed by atoms with Crippen molar-refractivity contribution in [3.8, 4) is 0 Å². The SMILES string of the molecule is O=C(Nc1ccccn1)C1CCCN1C(=O)C(F)(F)F. The van der Waals surface area contributed by atoms with Gasteiger partial charge in [-0.15, -0.1) is 0 Å². The van der Waals surface area contributed by atoms with Crippen LogP contribution in [-0.2, 0) is 9.59 Å². The summed E-state index contributed by atoms with van der Waals surface area (Å²) in [6.07, 6.45) is -2.95. The summed E-state index contributed by atoms with van der Waals surface area (Å²) >= 11 is 0. The maximum Gasteiger partial charge on any atom is 0.471 e. The molecule has 0 radical (unpaired) electrons. The molecule has 1 aliphatic rings. The topological polar surface area (TPSA) is 62.3 Å². The summed E-state index contributed by atoms with van der Waals surface area (Å²) in [6.45, 7) is -0.0708. The minimum Gasteiger partial charge on any atom is -0.323 e. The van der Waals surface area contributed by atoms with Crippen molar-refractivity contribution in [3.05, 3.63) is 24.4 Å². The lowest BCUT2D eigenvalue weighted by molar-refractivity contribution is -0.186. The molecule has 0 spiro atoms. The van der Waals surface area contributed by atoms with Gasteiger partial charge in [0.25, 0.3) is 0 Å². The molecular formula is C12H12F3N3O2. The van der Waals surface area contributed by atoms with Crippen molar-refractivity contribution in [3.63, 3.8) is 0 Å². The van der Waals surface area contributed by atoms with Gasteiger partial charge in [-0.2, -0.15) is 13.2 Å². The van der Waals surface area contributed by atoms with E-state index >= 15 is 0 Å². The maximum atomic E-state index is 12.4. The number of hydrogen-bond acceptors (Lipinski definition) is 3. The Labute approximate surface area is 112 Å². The number of anilines is 1. The van der Waals surface area contributed by atoms with Crippen LogP contribution in [0.4, 0.5) is 19.0 Å². The molecule has 2 heterocycles. The molecule has 108 valence electrons. The minimum atomic E-state index is -4.96. The zero-order chi connectivity index (χ0) is 14.8. The van der Waals surface area contributed by atoms with Crippen LogP contribution in [-0.4, -0.2) is 40.5 Å². The van der Waals surface area contributed by atoms with Gasteiger partial charge in [0.15, 0.2) is 0 Å². The molecule has 1 aromatic heterocycles. The lowest BCUT2D eigenvalue weighted by Gasteiger charge is -2.24. The fourth-order valence-electron chi connectivity index (χ4n) is 2.09. The number of alkyl halides is 3. The molecule has 5 nitrogen and oxygen atoms in total. The van der Waals surface area contributed by atoms with Gasteiger partial charge < -0.3 is 10.2 Å². The second-order valence-corrected chi connectivity index (χ2v) is 4.36. The Hall–Kier alpha value is -2.12. The molecule has 1 fully saturated rings. The third kappa shape index (κ3) is 3.06. The summed E-state index contributed by atoms with van der Waals surface area (Å²) in [7, 11) is 0. The lowest BCUT2D eigenvalue weighted by Crippen LogP contribution is -2.48. The highest BCUT2D eigenvalue weighted by atomic mass is 19.4. The van der Waals surface area contributed by atoms with Gasteiger partial charge in [0.05, 0.1) is 0 Å². The van der Waals surface area contributed by atoms with Gasteiger partial charge in [-0.3, -0.25) is 9.59 Å². The Morgan fingerprint density at radius 3 is 2.70 bits per heavy atom. The summed E-state index contributed by atoms with van der Waals surface area (Å²) in [5, 5.41) is 2.41. The van der Waals surface area contributed by atoms with E-state index < -0.39 is 24.0 Å². The Bertz CT molecular complexity index is 504. The first-order chi connectivity index (χ1) is 9.39. The van der Waals surface area contributed by atoms with E-state index in [2.05, 4.69) is 10.3 Å². The van der Waals surface area contributed by atoms with E-state index in [9.17, 15) is 22.8 Å². The molecule has 1 saturated heterocycles. The van der Waals surface area contributed by atoms with Crippen LogP contribution in [0.5, 0.6) is 0 Å². The van der Waals surface area contributed by atoms with Crippen LogP contribution < -0.4 is 5.32 Å². The second kappa shape index (κ2) is 5.48. The van der Waals surface area contributed by atoms with Gasteiger partial charge >= 0.3 is 12.1 Å². The molecule has 1 aliphatic heterocycles. The largest absolute Gasteiger partial charge is 0.471 e. The minimum absolute atomic E-state index is 0.0708. The quantitative estimate of drug-likeness (QED) is 0.898. The number of nitrogens with zero attached hydrogens (tertiary/aromatic N) is 2. The summed E-state index contributed by atoms with van der Waals surface area (Å²) in [4.78, 5) is 27.6. The first-order valence-electron chi connectivity index (χ1n) is 5.99. The highest BCUT2D eigenvalue weighted by Gasteiger charge is 2.47. The Morgan fingerprint density at radius 2 is 2.10 bits per heavy atom. The van der Waals surface area contributed by atoms with Crippen LogP contribution in [0.2, 0.25) is 0 Å². The van der Waals surface area contributed by atoms with E-state index in [1.807, 2.05) is 0 Å². The molecule has 2 amide bonds. The molecular weight excluding hydrogens is 275 g/mol. The molecule has 0 aliphatic carbocycles. The van der Waals surface area contributed by atoms with Crippen LogP contribution >= 0.6 is 0 Å². The van der Waals surface area contributed by atoms with Crippen molar-refractivity contribution in [1.29, 1.82) is 0 Å². The molecule has 20 heavy (non-hydrogen) atoms. The van der Waals surface area contributed by atoms with Crippen LogP contribution in [0.15, 0.2) is 24.4 Å². The predicted octanol–water partition coefficient (Wildman–Crippen LogP) is 1.57. The van der Waals surface area contributed by atoms with Crippen LogP contribution in [0.3, 0.4) is 0 Å². The predicted molar refractivity (Wildman–Crippen MR) is 63.7 cm³/mol. The number of likely N-dealkylation sites (tertiary alicyclic amines) is 1. The van der Waals surface area contributed by atoms with E-state index in [1.165, 1.54) is 12.3 Å². The molecule has 1 unspecified atom stereocenters. The van der Waals surface area contributed by atoms with E-state index in [0.717, 1.165) is 0 Å².